The zero-order chi connectivity index (χ0) is 21.3. The fourth-order valence-electron chi connectivity index (χ4n) is 1.90. The highest BCUT2D eigenvalue weighted by Crippen LogP contribution is 2.69. The number of hydrogen-bond donors (Lipinski definition) is 0. The maximum absolute atomic E-state index is 13.7. The monoisotopic (exact) mass is 424 g/mol. The Bertz CT molecular complexity index is 653. The van der Waals surface area contributed by atoms with Crippen LogP contribution in [-0.2, 0) is 0 Å². The summed E-state index contributed by atoms with van der Waals surface area (Å²) >= 11 is 0. The normalized spacial score (nSPS) is 26.5. The molecule has 1 atom stereocenters. The first-order chi connectivity index (χ1) is 11.1. The Kier molecular flexibility index (Phi) is 4.68. The van der Waals surface area contributed by atoms with Crippen LogP contribution in [0.2, 0.25) is 0 Å². The van der Waals surface area contributed by atoms with Gasteiger partial charge in [-0.2, -0.15) is 61.5 Å². The van der Waals surface area contributed by atoms with Gasteiger partial charge in [0.25, 0.3) is 11.7 Å². The molecule has 1 fully saturated rings. The van der Waals surface area contributed by atoms with Crippen LogP contribution in [0.15, 0.2) is 23.1 Å². The summed E-state index contributed by atoms with van der Waals surface area (Å²) in [6.07, 6.45) is -18.7. The predicted molar refractivity (Wildman–Crippen MR) is 48.2 cm³/mol. The fraction of sp³-hybridized carbons (Fsp3) is 0.600. The summed E-state index contributed by atoms with van der Waals surface area (Å²) < 4.78 is 201. The molecule has 0 bridgehead atoms. The van der Waals surface area contributed by atoms with Crippen LogP contribution in [-0.4, -0.2) is 35.8 Å². The lowest BCUT2D eigenvalue weighted by molar-refractivity contribution is -0.358. The van der Waals surface area contributed by atoms with E-state index >= 15 is 0 Å². The summed E-state index contributed by atoms with van der Waals surface area (Å²) in [5.41, 5.74) is -14.7. The second-order valence-electron chi connectivity index (χ2n) is 4.70. The standard InChI is InChI=1S/C10F16/c11-3(7(17,18)9(21,22)23)1-2(4(12)13)5(14,6(1,15)16)8(19,20)10(24,25)26/b3-1+. The van der Waals surface area contributed by atoms with Crippen molar-refractivity contribution in [2.75, 3.05) is 0 Å². The second kappa shape index (κ2) is 5.43. The number of allylic oxidation sites excluding steroid dienone is 3. The van der Waals surface area contributed by atoms with Crippen molar-refractivity contribution in [2.45, 2.75) is 35.8 Å². The fourth-order valence-corrected chi connectivity index (χ4v) is 1.90. The number of hydrogen-bond acceptors (Lipinski definition) is 0. The quantitative estimate of drug-likeness (QED) is 0.470. The third-order valence-corrected chi connectivity index (χ3v) is 3.17. The maximum Gasteiger partial charge on any atom is 0.460 e. The van der Waals surface area contributed by atoms with E-state index in [9.17, 15) is 70.2 Å². The van der Waals surface area contributed by atoms with Crippen LogP contribution in [0.3, 0.4) is 0 Å². The second-order valence-corrected chi connectivity index (χ2v) is 4.70. The minimum atomic E-state index is -7.40. The van der Waals surface area contributed by atoms with Gasteiger partial charge in [0, 0.05) is 0 Å². The van der Waals surface area contributed by atoms with E-state index in [-0.39, 0.29) is 0 Å². The third kappa shape index (κ3) is 2.46. The van der Waals surface area contributed by atoms with Crippen molar-refractivity contribution >= 4 is 0 Å². The van der Waals surface area contributed by atoms with E-state index in [2.05, 4.69) is 0 Å². The minimum absolute atomic E-state index is 3.95. The average molecular weight is 424 g/mol. The lowest BCUT2D eigenvalue weighted by Crippen LogP contribution is -2.72. The zero-order valence-electron chi connectivity index (χ0n) is 11.0. The Balaban J connectivity index is 3.87. The largest absolute Gasteiger partial charge is 0.460 e. The molecule has 0 aliphatic heterocycles. The molecule has 0 amide bonds. The SMILES string of the molecule is FC(F)=C1/C(=C(\F)C(F)(F)C(F)(F)F)C(F)(F)C1(F)C(F)(F)C(F)(F)F. The van der Waals surface area contributed by atoms with Gasteiger partial charge in [0.2, 0.25) is 0 Å². The molecule has 1 unspecified atom stereocenters. The third-order valence-electron chi connectivity index (χ3n) is 3.17. The minimum Gasteiger partial charge on any atom is -0.224 e. The molecule has 1 saturated carbocycles. The molecule has 0 aromatic rings. The molecule has 0 spiro atoms. The molecule has 0 nitrogen and oxygen atoms in total. The summed E-state index contributed by atoms with van der Waals surface area (Å²) in [7, 11) is 0. The molecule has 1 rings (SSSR count). The Morgan fingerprint density at radius 2 is 1.00 bits per heavy atom. The highest BCUT2D eigenvalue weighted by atomic mass is 19.4. The lowest BCUT2D eigenvalue weighted by Gasteiger charge is -2.50. The molecule has 0 saturated heterocycles. The molecule has 1 aliphatic rings. The highest BCUT2D eigenvalue weighted by Gasteiger charge is 2.90. The van der Waals surface area contributed by atoms with E-state index in [0.717, 1.165) is 0 Å². The van der Waals surface area contributed by atoms with Crippen molar-refractivity contribution in [3.05, 3.63) is 23.1 Å². The van der Waals surface area contributed by atoms with E-state index in [1.54, 1.807) is 0 Å². The highest BCUT2D eigenvalue weighted by molar-refractivity contribution is 5.62. The van der Waals surface area contributed by atoms with Gasteiger partial charge < -0.3 is 0 Å². The van der Waals surface area contributed by atoms with Crippen LogP contribution in [0.5, 0.6) is 0 Å². The van der Waals surface area contributed by atoms with Gasteiger partial charge in [-0.05, 0) is 0 Å². The smallest absolute Gasteiger partial charge is 0.224 e. The lowest BCUT2D eigenvalue weighted by atomic mass is 9.63. The zero-order valence-corrected chi connectivity index (χ0v) is 11.0. The van der Waals surface area contributed by atoms with E-state index in [1.165, 1.54) is 0 Å². The van der Waals surface area contributed by atoms with Crippen LogP contribution < -0.4 is 0 Å². The van der Waals surface area contributed by atoms with Crippen LogP contribution >= 0.6 is 0 Å². The summed E-state index contributed by atoms with van der Waals surface area (Å²) in [5.74, 6) is -25.8. The molecule has 26 heavy (non-hydrogen) atoms. The molecule has 0 aromatic carbocycles. The van der Waals surface area contributed by atoms with Gasteiger partial charge in [-0.15, -0.1) is 0 Å². The Labute approximate surface area is 130 Å². The Morgan fingerprint density at radius 3 is 1.27 bits per heavy atom. The van der Waals surface area contributed by atoms with Crippen molar-refractivity contribution in [2.24, 2.45) is 0 Å². The van der Waals surface area contributed by atoms with E-state index in [4.69, 9.17) is 0 Å². The number of alkyl halides is 13. The first-order valence-corrected chi connectivity index (χ1v) is 5.52. The van der Waals surface area contributed by atoms with Crippen molar-refractivity contribution in [1.82, 2.24) is 0 Å². The Morgan fingerprint density at radius 1 is 0.615 bits per heavy atom. The van der Waals surface area contributed by atoms with Crippen molar-refractivity contribution in [3.63, 3.8) is 0 Å². The summed E-state index contributed by atoms with van der Waals surface area (Å²) in [6, 6.07) is 0. The summed E-state index contributed by atoms with van der Waals surface area (Å²) in [4.78, 5) is 0. The molecular weight excluding hydrogens is 424 g/mol. The van der Waals surface area contributed by atoms with Crippen molar-refractivity contribution < 1.29 is 70.2 Å². The number of halogens is 16. The van der Waals surface area contributed by atoms with Crippen LogP contribution in [0, 0.1) is 0 Å². The summed E-state index contributed by atoms with van der Waals surface area (Å²) in [5, 5.41) is 0. The first kappa shape index (κ1) is 22.4. The maximum atomic E-state index is 13.7. The molecule has 0 radical (unpaired) electrons. The number of rotatable bonds is 2. The van der Waals surface area contributed by atoms with Crippen molar-refractivity contribution in [1.29, 1.82) is 0 Å². The average Bonchev–Trinajstić information content (AvgIpc) is 2.39. The van der Waals surface area contributed by atoms with E-state index < -0.39 is 58.8 Å². The van der Waals surface area contributed by atoms with Crippen LogP contribution in [0.4, 0.5) is 70.2 Å². The van der Waals surface area contributed by atoms with E-state index in [1.807, 2.05) is 0 Å². The van der Waals surface area contributed by atoms with E-state index in [0.29, 0.717) is 0 Å². The molecule has 152 valence electrons. The van der Waals surface area contributed by atoms with Gasteiger partial charge in [0.05, 0.1) is 11.1 Å². The molecular formula is C10F16. The summed E-state index contributed by atoms with van der Waals surface area (Å²) in [6.45, 7) is 0. The van der Waals surface area contributed by atoms with Gasteiger partial charge in [-0.1, -0.05) is 0 Å². The predicted octanol–water partition coefficient (Wildman–Crippen LogP) is 6.11. The van der Waals surface area contributed by atoms with Gasteiger partial charge >= 0.3 is 30.1 Å². The molecule has 0 heterocycles. The molecule has 0 N–H and O–H groups in total. The molecule has 16 heteroatoms. The van der Waals surface area contributed by atoms with Crippen LogP contribution in [0.25, 0.3) is 0 Å². The molecule has 1 aliphatic carbocycles. The van der Waals surface area contributed by atoms with Crippen LogP contribution in [0.1, 0.15) is 0 Å². The van der Waals surface area contributed by atoms with Gasteiger partial charge in [0.15, 0.2) is 5.83 Å². The molecule has 0 aromatic heterocycles. The Hall–Kier alpha value is -1.64. The van der Waals surface area contributed by atoms with Gasteiger partial charge in [0.1, 0.15) is 0 Å². The van der Waals surface area contributed by atoms with Gasteiger partial charge in [-0.3, -0.25) is 0 Å². The van der Waals surface area contributed by atoms with Crippen molar-refractivity contribution in [3.8, 4) is 0 Å². The topological polar surface area (TPSA) is 0 Å². The van der Waals surface area contributed by atoms with Gasteiger partial charge in [-0.25, -0.2) is 8.78 Å². The first-order valence-electron chi connectivity index (χ1n) is 5.52.